The lowest BCUT2D eigenvalue weighted by Gasteiger charge is -2.36. The molecular weight excluding hydrogens is 380 g/mol. The number of amides is 1. The number of rotatable bonds is 6. The van der Waals surface area contributed by atoms with Crippen molar-refractivity contribution < 1.29 is 14.3 Å². The van der Waals surface area contributed by atoms with Gasteiger partial charge in [-0.3, -0.25) is 14.6 Å². The first-order chi connectivity index (χ1) is 14.6. The van der Waals surface area contributed by atoms with Crippen LogP contribution in [0.3, 0.4) is 0 Å². The van der Waals surface area contributed by atoms with E-state index in [2.05, 4.69) is 25.9 Å². The van der Waals surface area contributed by atoms with Crippen LogP contribution >= 0.6 is 0 Å². The van der Waals surface area contributed by atoms with Crippen LogP contribution in [0.5, 0.6) is 0 Å². The number of aromatic nitrogens is 1. The number of nitrogens with zero attached hydrogens (tertiary/aromatic N) is 3. The van der Waals surface area contributed by atoms with Crippen molar-refractivity contribution >= 4 is 23.8 Å². The summed E-state index contributed by atoms with van der Waals surface area (Å²) in [6, 6.07) is 4.04. The van der Waals surface area contributed by atoms with Crippen molar-refractivity contribution in [2.45, 2.75) is 46.1 Å². The van der Waals surface area contributed by atoms with E-state index >= 15 is 0 Å². The summed E-state index contributed by atoms with van der Waals surface area (Å²) in [5.74, 6) is -0.252. The summed E-state index contributed by atoms with van der Waals surface area (Å²) in [5.41, 5.74) is 6.98. The highest BCUT2D eigenvalue weighted by Crippen LogP contribution is 2.41. The fraction of sp³-hybridized carbons (Fsp3) is 0.435. The predicted molar refractivity (Wildman–Crippen MR) is 115 cm³/mol. The summed E-state index contributed by atoms with van der Waals surface area (Å²) in [4.78, 5) is 30.2. The van der Waals surface area contributed by atoms with E-state index in [-0.39, 0.29) is 18.4 Å². The molecule has 0 bridgehead atoms. The molecule has 0 aromatic carbocycles. The lowest BCUT2D eigenvalue weighted by molar-refractivity contribution is -0.143. The summed E-state index contributed by atoms with van der Waals surface area (Å²) in [6.45, 7) is 5.08. The van der Waals surface area contributed by atoms with Crippen LogP contribution in [0, 0.1) is 0 Å². The number of hydrogen-bond acceptors (Lipinski definition) is 5. The van der Waals surface area contributed by atoms with Gasteiger partial charge in [-0.2, -0.15) is 0 Å². The van der Waals surface area contributed by atoms with Crippen LogP contribution in [0.4, 0.5) is 0 Å². The maximum Gasteiger partial charge on any atom is 0.325 e. The fourth-order valence-corrected chi connectivity index (χ4v) is 4.36. The Hall–Kier alpha value is -3.09. The van der Waals surface area contributed by atoms with E-state index in [4.69, 9.17) is 4.74 Å². The average molecular weight is 409 g/mol. The Bertz CT molecular complexity index is 980. The van der Waals surface area contributed by atoms with E-state index in [9.17, 15) is 9.59 Å². The Kier molecular flexibility index (Phi) is 5.88. The Morgan fingerprint density at radius 2 is 2.07 bits per heavy atom. The van der Waals surface area contributed by atoms with E-state index < -0.39 is 0 Å². The van der Waals surface area contributed by atoms with Gasteiger partial charge in [-0.25, -0.2) is 0 Å². The molecule has 7 heteroatoms. The molecule has 0 radical (unpaired) electrons. The molecule has 4 rings (SSSR count). The second-order valence-corrected chi connectivity index (χ2v) is 7.72. The Morgan fingerprint density at radius 1 is 1.23 bits per heavy atom. The van der Waals surface area contributed by atoms with Gasteiger partial charge in [0, 0.05) is 36.3 Å². The van der Waals surface area contributed by atoms with Crippen LogP contribution in [0.2, 0.25) is 0 Å². The molecule has 1 N–H and O–H groups in total. The number of nitrogens with one attached hydrogen (secondary N) is 1. The van der Waals surface area contributed by atoms with Gasteiger partial charge in [0.2, 0.25) is 5.91 Å². The summed E-state index contributed by atoms with van der Waals surface area (Å²) >= 11 is 0. The van der Waals surface area contributed by atoms with Gasteiger partial charge >= 0.3 is 5.97 Å². The third-order valence-corrected chi connectivity index (χ3v) is 5.72. The number of hydrogen-bond donors (Lipinski definition) is 1. The smallest absolute Gasteiger partial charge is 0.325 e. The lowest BCUT2D eigenvalue weighted by atomic mass is 9.84. The number of fused-ring (bicyclic) bond motifs is 1. The quantitative estimate of drug-likeness (QED) is 0.734. The molecule has 0 fully saturated rings. The van der Waals surface area contributed by atoms with Crippen molar-refractivity contribution in [2.24, 2.45) is 4.99 Å². The first-order valence-electron chi connectivity index (χ1n) is 10.6. The number of carbonyl (C=O) groups is 2. The van der Waals surface area contributed by atoms with E-state index in [1.54, 1.807) is 0 Å². The molecule has 3 aliphatic rings. The van der Waals surface area contributed by atoms with E-state index in [1.165, 1.54) is 23.8 Å². The van der Waals surface area contributed by atoms with Crippen LogP contribution in [-0.2, 0) is 20.9 Å². The third kappa shape index (κ3) is 4.10. The Balaban J connectivity index is 1.65. The van der Waals surface area contributed by atoms with Gasteiger partial charge in [0.1, 0.15) is 6.54 Å². The molecule has 1 aliphatic heterocycles. The molecule has 0 saturated carbocycles. The normalized spacial score (nSPS) is 18.1. The topological polar surface area (TPSA) is 75.9 Å². The minimum absolute atomic E-state index is 0.0397. The number of ether oxygens (including phenoxy) is 1. The Labute approximate surface area is 176 Å². The summed E-state index contributed by atoms with van der Waals surface area (Å²) in [7, 11) is 0. The molecule has 7 nitrogen and oxygen atoms in total. The first kappa shape index (κ1) is 20.2. The molecule has 0 unspecified atom stereocenters. The molecule has 1 aromatic heterocycles. The van der Waals surface area contributed by atoms with Crippen molar-refractivity contribution in [3.63, 3.8) is 0 Å². The number of esters is 1. The molecule has 158 valence electrons. The van der Waals surface area contributed by atoms with Gasteiger partial charge in [-0.05, 0) is 50.8 Å². The van der Waals surface area contributed by atoms with Gasteiger partial charge in [-0.15, -0.1) is 0 Å². The summed E-state index contributed by atoms with van der Waals surface area (Å²) in [6.07, 6.45) is 10.0. The largest absolute Gasteiger partial charge is 0.465 e. The first-order valence-corrected chi connectivity index (χ1v) is 10.6. The highest BCUT2D eigenvalue weighted by molar-refractivity contribution is 5.75. The second-order valence-electron chi connectivity index (χ2n) is 7.72. The van der Waals surface area contributed by atoms with Crippen LogP contribution in [-0.4, -0.2) is 47.3 Å². The predicted octanol–water partition coefficient (Wildman–Crippen LogP) is 3.01. The van der Waals surface area contributed by atoms with E-state index in [0.29, 0.717) is 19.7 Å². The monoisotopic (exact) mass is 408 g/mol. The van der Waals surface area contributed by atoms with Crippen molar-refractivity contribution in [3.8, 4) is 0 Å². The van der Waals surface area contributed by atoms with Gasteiger partial charge in [0.05, 0.1) is 31.1 Å². The average Bonchev–Trinajstić information content (AvgIpc) is 3.20. The molecule has 2 heterocycles. The molecule has 30 heavy (non-hydrogen) atoms. The zero-order valence-corrected chi connectivity index (χ0v) is 17.6. The van der Waals surface area contributed by atoms with Gasteiger partial charge < -0.3 is 19.5 Å². The number of carbonyl (C=O) groups excluding carboxylic acids is 2. The molecule has 0 spiro atoms. The maximum atomic E-state index is 12.2. The molecule has 0 atom stereocenters. The Morgan fingerprint density at radius 3 is 2.87 bits per heavy atom. The van der Waals surface area contributed by atoms with Gasteiger partial charge in [0.25, 0.3) is 0 Å². The zero-order valence-electron chi connectivity index (χ0n) is 17.6. The van der Waals surface area contributed by atoms with Crippen molar-refractivity contribution in [1.29, 1.82) is 0 Å². The lowest BCUT2D eigenvalue weighted by Crippen LogP contribution is -2.36. The number of allylic oxidation sites excluding steroid dienone is 4. The van der Waals surface area contributed by atoms with Crippen molar-refractivity contribution in [2.75, 3.05) is 19.7 Å². The molecule has 2 aliphatic carbocycles. The summed E-state index contributed by atoms with van der Waals surface area (Å²) in [5, 5.41) is 2.88. The van der Waals surface area contributed by atoms with Gasteiger partial charge in [-0.1, -0.05) is 5.57 Å². The van der Waals surface area contributed by atoms with Gasteiger partial charge in [0.15, 0.2) is 0 Å². The third-order valence-electron chi connectivity index (χ3n) is 5.72. The fourth-order valence-electron chi connectivity index (χ4n) is 4.36. The SMILES string of the molecule is CCOC(=O)CN1CC=NC2=C1C1=C(CCC(n3cccc3CNC(C)=O)=C1)CC2. The van der Waals surface area contributed by atoms with Crippen molar-refractivity contribution in [1.82, 2.24) is 14.8 Å². The molecular formula is C23H28N4O3. The van der Waals surface area contributed by atoms with Crippen LogP contribution in [0.25, 0.3) is 5.70 Å². The van der Waals surface area contributed by atoms with E-state index in [1.807, 2.05) is 31.5 Å². The number of aliphatic imine (C=N–C) groups is 1. The minimum atomic E-state index is -0.213. The minimum Gasteiger partial charge on any atom is -0.465 e. The highest BCUT2D eigenvalue weighted by Gasteiger charge is 2.30. The molecule has 1 aromatic rings. The summed E-state index contributed by atoms with van der Waals surface area (Å²) < 4.78 is 7.35. The highest BCUT2D eigenvalue weighted by atomic mass is 16.5. The van der Waals surface area contributed by atoms with Crippen LogP contribution in [0.15, 0.2) is 51.9 Å². The van der Waals surface area contributed by atoms with E-state index in [0.717, 1.165) is 42.8 Å². The zero-order chi connectivity index (χ0) is 21.1. The van der Waals surface area contributed by atoms with Crippen LogP contribution < -0.4 is 5.32 Å². The molecule has 1 amide bonds. The van der Waals surface area contributed by atoms with Crippen LogP contribution in [0.1, 0.15) is 45.2 Å². The molecule has 0 saturated heterocycles. The second kappa shape index (κ2) is 8.73. The maximum absolute atomic E-state index is 12.2. The standard InChI is InChI=1S/C23H28N4O3/c1-3-30-22(29)15-26-12-10-24-21-9-7-17-6-8-18(13-20(17)23(21)26)27-11-4-5-19(27)14-25-16(2)28/h4-5,10-11,13H,3,6-9,12,14-15H2,1-2H3,(H,25,28). The van der Waals surface area contributed by atoms with Crippen molar-refractivity contribution in [3.05, 3.63) is 52.6 Å².